The van der Waals surface area contributed by atoms with Gasteiger partial charge in [0.1, 0.15) is 0 Å². The number of carbonyl (C=O) groups is 2. The fourth-order valence-corrected chi connectivity index (χ4v) is 1.73. The summed E-state index contributed by atoms with van der Waals surface area (Å²) in [6.45, 7) is 3.25. The molecule has 1 aromatic carbocycles. The average molecular weight is 273 g/mol. The lowest BCUT2D eigenvalue weighted by Gasteiger charge is -2.11. The van der Waals surface area contributed by atoms with Crippen LogP contribution >= 0.6 is 0 Å². The van der Waals surface area contributed by atoms with Crippen LogP contribution in [0.5, 0.6) is 0 Å². The highest BCUT2D eigenvalue weighted by atomic mass is 16.2. The van der Waals surface area contributed by atoms with Crippen LogP contribution in [0.4, 0.5) is 11.4 Å². The molecular formula is C13H15N5O2. The number of carbonyl (C=O) groups excluding carboxylic acids is 2. The number of amides is 2. The van der Waals surface area contributed by atoms with Crippen LogP contribution in [-0.4, -0.2) is 26.8 Å². The van der Waals surface area contributed by atoms with Gasteiger partial charge in [0.05, 0.1) is 6.20 Å². The Balaban J connectivity index is 2.21. The van der Waals surface area contributed by atoms with Gasteiger partial charge in [-0.25, -0.2) is 0 Å². The van der Waals surface area contributed by atoms with E-state index in [0.717, 1.165) is 5.56 Å². The van der Waals surface area contributed by atoms with Crippen molar-refractivity contribution < 1.29 is 9.59 Å². The van der Waals surface area contributed by atoms with Crippen LogP contribution < -0.4 is 10.6 Å². The fraction of sp³-hybridized carbons (Fsp3) is 0.231. The summed E-state index contributed by atoms with van der Waals surface area (Å²) >= 11 is 0. The smallest absolute Gasteiger partial charge is 0.277 e. The van der Waals surface area contributed by atoms with Crippen LogP contribution in [-0.2, 0) is 11.8 Å². The number of nitrogens with zero attached hydrogens (tertiary/aromatic N) is 3. The van der Waals surface area contributed by atoms with Crippen LogP contribution in [0.1, 0.15) is 23.0 Å². The predicted octanol–water partition coefficient (Wildman–Crippen LogP) is 1.33. The van der Waals surface area contributed by atoms with E-state index in [1.54, 1.807) is 25.2 Å². The average Bonchev–Trinajstić information content (AvgIpc) is 2.80. The fourth-order valence-electron chi connectivity index (χ4n) is 1.73. The molecule has 0 fully saturated rings. The molecular weight excluding hydrogens is 258 g/mol. The molecule has 0 bridgehead atoms. The second-order valence-electron chi connectivity index (χ2n) is 4.39. The third kappa shape index (κ3) is 3.00. The first-order valence-electron chi connectivity index (χ1n) is 6.02. The second-order valence-corrected chi connectivity index (χ2v) is 4.39. The predicted molar refractivity (Wildman–Crippen MR) is 74.4 cm³/mol. The van der Waals surface area contributed by atoms with E-state index in [-0.39, 0.29) is 17.5 Å². The molecule has 1 aromatic heterocycles. The molecule has 0 aliphatic carbocycles. The van der Waals surface area contributed by atoms with Crippen molar-refractivity contribution in [2.75, 3.05) is 10.6 Å². The third-order valence-electron chi connectivity index (χ3n) is 2.73. The minimum Gasteiger partial charge on any atom is -0.326 e. The highest BCUT2D eigenvalue weighted by molar-refractivity contribution is 6.03. The van der Waals surface area contributed by atoms with Crippen LogP contribution in [0, 0.1) is 6.92 Å². The summed E-state index contributed by atoms with van der Waals surface area (Å²) < 4.78 is 1.45. The zero-order chi connectivity index (χ0) is 14.7. The van der Waals surface area contributed by atoms with E-state index >= 15 is 0 Å². The number of rotatable bonds is 3. The van der Waals surface area contributed by atoms with Gasteiger partial charge in [-0.2, -0.15) is 0 Å². The highest BCUT2D eigenvalue weighted by Gasteiger charge is 2.12. The summed E-state index contributed by atoms with van der Waals surface area (Å²) in [5.41, 5.74) is 2.29. The first-order valence-corrected chi connectivity index (χ1v) is 6.02. The van der Waals surface area contributed by atoms with E-state index in [0.29, 0.717) is 11.4 Å². The van der Waals surface area contributed by atoms with Crippen LogP contribution in [0.25, 0.3) is 0 Å². The Hall–Kier alpha value is -2.70. The molecule has 2 amide bonds. The molecule has 0 saturated heterocycles. The topological polar surface area (TPSA) is 88.9 Å². The van der Waals surface area contributed by atoms with Gasteiger partial charge in [0.15, 0.2) is 5.69 Å². The third-order valence-corrected chi connectivity index (χ3v) is 2.73. The van der Waals surface area contributed by atoms with Crippen molar-refractivity contribution in [2.45, 2.75) is 13.8 Å². The molecule has 1 heterocycles. The van der Waals surface area contributed by atoms with Crippen LogP contribution in [0.15, 0.2) is 24.4 Å². The lowest BCUT2D eigenvalue weighted by Crippen LogP contribution is -2.14. The zero-order valence-electron chi connectivity index (χ0n) is 11.5. The second kappa shape index (κ2) is 5.52. The van der Waals surface area contributed by atoms with Gasteiger partial charge in [0.2, 0.25) is 5.91 Å². The molecule has 20 heavy (non-hydrogen) atoms. The molecule has 0 saturated carbocycles. The molecule has 2 rings (SSSR count). The zero-order valence-corrected chi connectivity index (χ0v) is 11.5. The summed E-state index contributed by atoms with van der Waals surface area (Å²) in [4.78, 5) is 23.1. The standard InChI is InChI=1S/C13H15N5O2/c1-8-10(14-9(2)19)5-4-6-11(8)15-13(20)12-7-18(3)17-16-12/h4-7H,1-3H3,(H,14,19)(H,15,20). The lowest BCUT2D eigenvalue weighted by atomic mass is 10.1. The van der Waals surface area contributed by atoms with Gasteiger partial charge in [0, 0.05) is 25.3 Å². The van der Waals surface area contributed by atoms with Crippen LogP contribution in [0.2, 0.25) is 0 Å². The lowest BCUT2D eigenvalue weighted by molar-refractivity contribution is -0.114. The molecule has 104 valence electrons. The molecule has 0 aliphatic rings. The Labute approximate surface area is 116 Å². The Kier molecular flexibility index (Phi) is 3.79. The van der Waals surface area contributed by atoms with Gasteiger partial charge in [-0.05, 0) is 24.6 Å². The Morgan fingerprint density at radius 2 is 1.85 bits per heavy atom. The van der Waals surface area contributed by atoms with Crippen molar-refractivity contribution >= 4 is 23.2 Å². The van der Waals surface area contributed by atoms with E-state index in [4.69, 9.17) is 0 Å². The molecule has 0 spiro atoms. The van der Waals surface area contributed by atoms with Crippen molar-refractivity contribution in [1.82, 2.24) is 15.0 Å². The van der Waals surface area contributed by atoms with E-state index in [1.807, 2.05) is 6.92 Å². The van der Waals surface area contributed by atoms with Gasteiger partial charge in [-0.3, -0.25) is 14.3 Å². The van der Waals surface area contributed by atoms with E-state index in [9.17, 15) is 9.59 Å². The Morgan fingerprint density at radius 3 is 2.40 bits per heavy atom. The maximum atomic E-state index is 12.0. The maximum Gasteiger partial charge on any atom is 0.277 e. The van der Waals surface area contributed by atoms with Crippen LogP contribution in [0.3, 0.4) is 0 Å². The Bertz CT molecular complexity index is 663. The van der Waals surface area contributed by atoms with E-state index < -0.39 is 0 Å². The van der Waals surface area contributed by atoms with Crippen molar-refractivity contribution in [3.63, 3.8) is 0 Å². The van der Waals surface area contributed by atoms with Gasteiger partial charge in [-0.15, -0.1) is 5.10 Å². The molecule has 0 unspecified atom stereocenters. The summed E-state index contributed by atoms with van der Waals surface area (Å²) in [6.07, 6.45) is 1.53. The minimum absolute atomic E-state index is 0.162. The van der Waals surface area contributed by atoms with E-state index in [1.165, 1.54) is 17.8 Å². The largest absolute Gasteiger partial charge is 0.326 e. The number of aromatic nitrogens is 3. The normalized spacial score (nSPS) is 10.2. The maximum absolute atomic E-state index is 12.0. The number of benzene rings is 1. The van der Waals surface area contributed by atoms with Crippen molar-refractivity contribution in [3.05, 3.63) is 35.7 Å². The minimum atomic E-state index is -0.346. The summed E-state index contributed by atoms with van der Waals surface area (Å²) in [6, 6.07) is 5.29. The number of hydrogen-bond donors (Lipinski definition) is 2. The number of hydrogen-bond acceptors (Lipinski definition) is 4. The number of aryl methyl sites for hydroxylation is 1. The summed E-state index contributed by atoms with van der Waals surface area (Å²) in [7, 11) is 1.69. The number of anilines is 2. The molecule has 0 radical (unpaired) electrons. The van der Waals surface area contributed by atoms with Gasteiger partial charge < -0.3 is 10.6 Å². The van der Waals surface area contributed by atoms with Crippen molar-refractivity contribution in [2.24, 2.45) is 7.05 Å². The first kappa shape index (κ1) is 13.7. The molecule has 2 aromatic rings. The monoisotopic (exact) mass is 273 g/mol. The first-order chi connectivity index (χ1) is 9.47. The molecule has 0 atom stereocenters. The molecule has 7 nitrogen and oxygen atoms in total. The molecule has 2 N–H and O–H groups in total. The Morgan fingerprint density at radius 1 is 1.20 bits per heavy atom. The SMILES string of the molecule is CC(=O)Nc1cccc(NC(=O)c2cn(C)nn2)c1C. The molecule has 0 aliphatic heterocycles. The quantitative estimate of drug-likeness (QED) is 0.883. The number of nitrogens with one attached hydrogen (secondary N) is 2. The van der Waals surface area contributed by atoms with E-state index in [2.05, 4.69) is 20.9 Å². The van der Waals surface area contributed by atoms with Gasteiger partial charge in [0.25, 0.3) is 5.91 Å². The van der Waals surface area contributed by atoms with Crippen molar-refractivity contribution in [3.8, 4) is 0 Å². The molecule has 7 heteroatoms. The van der Waals surface area contributed by atoms with Gasteiger partial charge >= 0.3 is 0 Å². The van der Waals surface area contributed by atoms with Gasteiger partial charge in [-0.1, -0.05) is 11.3 Å². The van der Waals surface area contributed by atoms with Crippen molar-refractivity contribution in [1.29, 1.82) is 0 Å². The summed E-state index contributed by atoms with van der Waals surface area (Å²) in [5, 5.41) is 12.9. The highest BCUT2D eigenvalue weighted by Crippen LogP contribution is 2.23. The summed E-state index contributed by atoms with van der Waals surface area (Å²) in [5.74, 6) is -0.508.